The minimum absolute atomic E-state index is 0.0533. The summed E-state index contributed by atoms with van der Waals surface area (Å²) in [5.74, 6) is 0.774. The molecule has 2 atom stereocenters. The monoisotopic (exact) mass is 252 g/mol. The van der Waals surface area contributed by atoms with E-state index in [1.165, 1.54) is 25.7 Å². The van der Waals surface area contributed by atoms with Gasteiger partial charge in [0.1, 0.15) is 5.69 Å². The van der Waals surface area contributed by atoms with Crippen LogP contribution in [0.2, 0.25) is 0 Å². The lowest BCUT2D eigenvalue weighted by atomic mass is 9.85. The molecule has 2 rings (SSSR count). The van der Waals surface area contributed by atoms with Crippen LogP contribution in [0.3, 0.4) is 0 Å². The van der Waals surface area contributed by atoms with Gasteiger partial charge in [0.25, 0.3) is 0 Å². The summed E-state index contributed by atoms with van der Waals surface area (Å²) < 4.78 is 0. The van der Waals surface area contributed by atoms with E-state index >= 15 is 0 Å². The molecular weight excluding hydrogens is 232 g/mol. The molecule has 3 nitrogen and oxygen atoms in total. The fraction of sp³-hybridized carbons (Fsp3) is 0.692. The fourth-order valence-electron chi connectivity index (χ4n) is 2.60. The first kappa shape index (κ1) is 12.6. The van der Waals surface area contributed by atoms with Gasteiger partial charge in [-0.15, -0.1) is 11.3 Å². The highest BCUT2D eigenvalue weighted by Crippen LogP contribution is 2.31. The Morgan fingerprint density at radius 1 is 1.47 bits per heavy atom. The smallest absolute Gasteiger partial charge is 0.185 e. The molecule has 0 bridgehead atoms. The molecule has 1 saturated carbocycles. The summed E-state index contributed by atoms with van der Waals surface area (Å²) in [6, 6.07) is 0.578. The number of Topliss-reactive ketones (excluding diaryl/α,β-unsaturated/α-hetero) is 1. The summed E-state index contributed by atoms with van der Waals surface area (Å²) in [5.41, 5.74) is 0.598. The Hall–Kier alpha value is -0.900. The number of aromatic nitrogens is 1. The van der Waals surface area contributed by atoms with Crippen LogP contribution in [-0.2, 0) is 0 Å². The van der Waals surface area contributed by atoms with Gasteiger partial charge in [-0.3, -0.25) is 4.79 Å². The predicted octanol–water partition coefficient (Wildman–Crippen LogP) is 3.36. The molecule has 0 spiro atoms. The zero-order valence-corrected chi connectivity index (χ0v) is 11.6. The Morgan fingerprint density at radius 3 is 2.76 bits per heavy atom. The Labute approximate surface area is 107 Å². The lowest BCUT2D eigenvalue weighted by molar-refractivity contribution is 0.101. The van der Waals surface area contributed by atoms with E-state index in [4.69, 9.17) is 0 Å². The van der Waals surface area contributed by atoms with Crippen molar-refractivity contribution in [3.05, 3.63) is 11.1 Å². The number of nitrogens with zero attached hydrogens (tertiary/aromatic N) is 2. The third-order valence-electron chi connectivity index (χ3n) is 3.72. The second kappa shape index (κ2) is 5.17. The molecule has 1 aromatic heterocycles. The number of hydrogen-bond acceptors (Lipinski definition) is 4. The Kier molecular flexibility index (Phi) is 3.82. The first-order chi connectivity index (χ1) is 8.09. The van der Waals surface area contributed by atoms with Gasteiger partial charge < -0.3 is 4.90 Å². The quantitative estimate of drug-likeness (QED) is 0.773. The molecule has 0 N–H and O–H groups in total. The first-order valence-electron chi connectivity index (χ1n) is 6.29. The van der Waals surface area contributed by atoms with Gasteiger partial charge in [-0.2, -0.15) is 0 Å². The van der Waals surface area contributed by atoms with E-state index in [0.717, 1.165) is 11.0 Å². The third kappa shape index (κ3) is 2.68. The van der Waals surface area contributed by atoms with Crippen LogP contribution in [-0.4, -0.2) is 23.9 Å². The average molecular weight is 252 g/mol. The van der Waals surface area contributed by atoms with Crippen LogP contribution in [0.25, 0.3) is 0 Å². The van der Waals surface area contributed by atoms with E-state index in [9.17, 15) is 4.79 Å². The molecule has 4 heteroatoms. The van der Waals surface area contributed by atoms with Gasteiger partial charge in [0.2, 0.25) is 0 Å². The van der Waals surface area contributed by atoms with E-state index in [0.29, 0.717) is 11.7 Å². The summed E-state index contributed by atoms with van der Waals surface area (Å²) >= 11 is 1.58. The van der Waals surface area contributed by atoms with Gasteiger partial charge >= 0.3 is 0 Å². The van der Waals surface area contributed by atoms with Crippen molar-refractivity contribution in [2.75, 3.05) is 11.9 Å². The van der Waals surface area contributed by atoms with Gasteiger partial charge in [0.05, 0.1) is 0 Å². The summed E-state index contributed by atoms with van der Waals surface area (Å²) in [7, 11) is 2.11. The predicted molar refractivity (Wildman–Crippen MR) is 71.9 cm³/mol. The number of carbonyl (C=O) groups is 1. The van der Waals surface area contributed by atoms with Crippen LogP contribution in [0.15, 0.2) is 5.38 Å². The lowest BCUT2D eigenvalue weighted by Gasteiger charge is -2.36. The summed E-state index contributed by atoms with van der Waals surface area (Å²) in [4.78, 5) is 17.9. The van der Waals surface area contributed by atoms with Crippen LogP contribution in [0.1, 0.15) is 50.0 Å². The molecule has 94 valence electrons. The molecule has 1 aliphatic carbocycles. The molecule has 17 heavy (non-hydrogen) atoms. The zero-order chi connectivity index (χ0) is 12.4. The third-order valence-corrected chi connectivity index (χ3v) is 4.65. The van der Waals surface area contributed by atoms with Crippen molar-refractivity contribution in [2.24, 2.45) is 5.92 Å². The number of rotatable bonds is 3. The molecule has 0 aromatic carbocycles. The lowest BCUT2D eigenvalue weighted by Crippen LogP contribution is -2.38. The Balaban J connectivity index is 2.12. The highest BCUT2D eigenvalue weighted by molar-refractivity contribution is 7.13. The maximum absolute atomic E-state index is 11.2. The van der Waals surface area contributed by atoms with Crippen molar-refractivity contribution in [3.63, 3.8) is 0 Å². The number of hydrogen-bond donors (Lipinski definition) is 0. The summed E-state index contributed by atoms with van der Waals surface area (Å²) in [6.45, 7) is 3.89. The van der Waals surface area contributed by atoms with Crippen LogP contribution in [0, 0.1) is 5.92 Å². The molecule has 0 radical (unpaired) electrons. The Bertz CT molecular complexity index is 402. The Morgan fingerprint density at radius 2 is 2.18 bits per heavy atom. The topological polar surface area (TPSA) is 33.2 Å². The van der Waals surface area contributed by atoms with Gasteiger partial charge in [-0.05, 0) is 18.8 Å². The van der Waals surface area contributed by atoms with Gasteiger partial charge in [-0.25, -0.2) is 4.98 Å². The molecule has 1 aromatic rings. The van der Waals surface area contributed by atoms with Gasteiger partial charge in [0.15, 0.2) is 10.9 Å². The minimum atomic E-state index is 0.0533. The van der Waals surface area contributed by atoms with Crippen molar-refractivity contribution < 1.29 is 4.79 Å². The zero-order valence-electron chi connectivity index (χ0n) is 10.8. The molecule has 1 heterocycles. The second-order valence-electron chi connectivity index (χ2n) is 5.01. The number of thiazole rings is 1. The van der Waals surface area contributed by atoms with Crippen molar-refractivity contribution in [3.8, 4) is 0 Å². The molecule has 1 aliphatic rings. The highest BCUT2D eigenvalue weighted by Gasteiger charge is 2.26. The molecule has 0 saturated heterocycles. The van der Waals surface area contributed by atoms with Crippen LogP contribution in [0.4, 0.5) is 5.13 Å². The maximum Gasteiger partial charge on any atom is 0.185 e. The highest BCUT2D eigenvalue weighted by atomic mass is 32.1. The van der Waals surface area contributed by atoms with E-state index in [2.05, 4.69) is 23.9 Å². The van der Waals surface area contributed by atoms with E-state index in [1.807, 2.05) is 5.38 Å². The van der Waals surface area contributed by atoms with Gasteiger partial charge in [0, 0.05) is 25.4 Å². The number of carbonyl (C=O) groups excluding carboxylic acids is 1. The summed E-state index contributed by atoms with van der Waals surface area (Å²) in [6.07, 6.45) is 5.21. The van der Waals surface area contributed by atoms with Crippen LogP contribution < -0.4 is 4.90 Å². The normalized spacial score (nSPS) is 24.6. The van der Waals surface area contributed by atoms with E-state index in [-0.39, 0.29) is 5.78 Å². The largest absolute Gasteiger partial charge is 0.348 e. The second-order valence-corrected chi connectivity index (χ2v) is 5.85. The van der Waals surface area contributed by atoms with Gasteiger partial charge in [-0.1, -0.05) is 19.8 Å². The standard InChI is InChI=1S/C13H20N2OS/c1-9-6-4-5-7-12(9)15(3)13-14-11(8-17-13)10(2)16/h8-9,12H,4-7H2,1-3H3. The number of ketones is 1. The van der Waals surface area contributed by atoms with Crippen molar-refractivity contribution in [2.45, 2.75) is 45.6 Å². The molecule has 0 aliphatic heterocycles. The molecule has 2 unspecified atom stereocenters. The maximum atomic E-state index is 11.2. The molecule has 0 amide bonds. The van der Waals surface area contributed by atoms with Crippen molar-refractivity contribution >= 4 is 22.3 Å². The fourth-order valence-corrected chi connectivity index (χ4v) is 3.49. The van der Waals surface area contributed by atoms with E-state index < -0.39 is 0 Å². The van der Waals surface area contributed by atoms with Crippen molar-refractivity contribution in [1.82, 2.24) is 4.98 Å². The van der Waals surface area contributed by atoms with Crippen molar-refractivity contribution in [1.29, 1.82) is 0 Å². The minimum Gasteiger partial charge on any atom is -0.348 e. The summed E-state index contributed by atoms with van der Waals surface area (Å²) in [5, 5.41) is 2.84. The SMILES string of the molecule is CC(=O)c1csc(N(C)C2CCCCC2C)n1. The molecule has 1 fully saturated rings. The average Bonchev–Trinajstić information content (AvgIpc) is 2.78. The molecular formula is C13H20N2OS. The van der Waals surface area contributed by atoms with E-state index in [1.54, 1.807) is 18.3 Å². The number of anilines is 1. The van der Waals surface area contributed by atoms with Crippen LogP contribution in [0.5, 0.6) is 0 Å². The van der Waals surface area contributed by atoms with Crippen LogP contribution >= 0.6 is 11.3 Å². The first-order valence-corrected chi connectivity index (χ1v) is 7.17.